The van der Waals surface area contributed by atoms with E-state index >= 15 is 0 Å². The fourth-order valence-electron chi connectivity index (χ4n) is 1.03. The molecule has 0 aliphatic heterocycles. The lowest BCUT2D eigenvalue weighted by Gasteiger charge is -2.06. The quantitative estimate of drug-likeness (QED) is 0.487. The maximum atomic E-state index is 12.9. The largest absolute Gasteiger partial charge is 0.398 e. The Kier molecular flexibility index (Phi) is 2.13. The van der Waals surface area contributed by atoms with Crippen LogP contribution < -0.4 is 5.73 Å². The van der Waals surface area contributed by atoms with Crippen molar-refractivity contribution in [2.24, 2.45) is 0 Å². The van der Waals surface area contributed by atoms with Crippen LogP contribution in [0, 0.1) is 18.2 Å². The highest BCUT2D eigenvalue weighted by Crippen LogP contribution is 2.19. The fraction of sp³-hybridized carbons (Fsp3) is 0.222. The first-order valence-corrected chi connectivity index (χ1v) is 3.64. The van der Waals surface area contributed by atoms with Crippen LogP contribution in [0.15, 0.2) is 12.1 Å². The number of anilines is 1. The molecule has 0 saturated heterocycles. The summed E-state index contributed by atoms with van der Waals surface area (Å²) in [4.78, 5) is 0. The lowest BCUT2D eigenvalue weighted by atomic mass is 10.0. The molecule has 0 heterocycles. The minimum atomic E-state index is -0.322. The zero-order chi connectivity index (χ0) is 9.30. The van der Waals surface area contributed by atoms with E-state index in [4.69, 9.17) is 11.1 Å². The zero-order valence-electron chi connectivity index (χ0n) is 7.11. The second-order valence-electron chi connectivity index (χ2n) is 2.76. The number of benzene rings is 1. The van der Waals surface area contributed by atoms with Gasteiger partial charge in [-0.25, -0.2) is 4.39 Å². The first kappa shape index (κ1) is 8.71. The van der Waals surface area contributed by atoms with Crippen LogP contribution in [0.4, 0.5) is 10.1 Å². The van der Waals surface area contributed by atoms with Crippen molar-refractivity contribution in [3.05, 3.63) is 29.1 Å². The van der Waals surface area contributed by atoms with E-state index in [2.05, 4.69) is 0 Å². The molecule has 1 rings (SSSR count). The monoisotopic (exact) mass is 166 g/mol. The van der Waals surface area contributed by atoms with E-state index in [0.717, 1.165) is 0 Å². The molecule has 64 valence electrons. The molecule has 12 heavy (non-hydrogen) atoms. The van der Waals surface area contributed by atoms with E-state index < -0.39 is 0 Å². The molecule has 0 amide bonds. The number of nitrogens with one attached hydrogen (secondary N) is 1. The van der Waals surface area contributed by atoms with Crippen LogP contribution in [0.5, 0.6) is 0 Å². The van der Waals surface area contributed by atoms with Crippen LogP contribution in [0.1, 0.15) is 18.1 Å². The molecule has 0 saturated carbocycles. The third-order valence-electron chi connectivity index (χ3n) is 1.85. The SMILES string of the molecule is CC(=N)c1ccc(F)c(C)c1N. The summed E-state index contributed by atoms with van der Waals surface area (Å²) < 4.78 is 12.9. The molecule has 0 bridgehead atoms. The lowest BCUT2D eigenvalue weighted by Crippen LogP contribution is -2.03. The van der Waals surface area contributed by atoms with Gasteiger partial charge in [0.15, 0.2) is 0 Å². The van der Waals surface area contributed by atoms with Crippen molar-refractivity contribution in [2.75, 3.05) is 5.73 Å². The van der Waals surface area contributed by atoms with Crippen LogP contribution in [0.2, 0.25) is 0 Å². The van der Waals surface area contributed by atoms with E-state index in [1.165, 1.54) is 12.1 Å². The molecule has 1 aromatic rings. The summed E-state index contributed by atoms with van der Waals surface area (Å²) in [5.41, 5.74) is 7.35. The van der Waals surface area contributed by atoms with Crippen LogP contribution in [-0.2, 0) is 0 Å². The van der Waals surface area contributed by atoms with Gasteiger partial charge in [0.05, 0.1) is 0 Å². The van der Waals surface area contributed by atoms with E-state index in [1.807, 2.05) is 0 Å². The average Bonchev–Trinajstić information content (AvgIpc) is 2.00. The Labute approximate surface area is 70.7 Å². The van der Waals surface area contributed by atoms with Gasteiger partial charge in [-0.05, 0) is 26.0 Å². The Morgan fingerprint density at radius 2 is 2.08 bits per heavy atom. The van der Waals surface area contributed by atoms with Crippen molar-refractivity contribution in [2.45, 2.75) is 13.8 Å². The molecule has 0 aliphatic carbocycles. The minimum absolute atomic E-state index is 0.322. The predicted octanol–water partition coefficient (Wildman–Crippen LogP) is 2.10. The van der Waals surface area contributed by atoms with Crippen molar-refractivity contribution in [1.29, 1.82) is 5.41 Å². The maximum absolute atomic E-state index is 12.9. The van der Waals surface area contributed by atoms with E-state index in [0.29, 0.717) is 22.5 Å². The smallest absolute Gasteiger partial charge is 0.128 e. The number of hydrogen-bond acceptors (Lipinski definition) is 2. The molecule has 0 aromatic heterocycles. The molecule has 0 unspecified atom stereocenters. The minimum Gasteiger partial charge on any atom is -0.398 e. The van der Waals surface area contributed by atoms with Gasteiger partial charge in [0.25, 0.3) is 0 Å². The highest BCUT2D eigenvalue weighted by Gasteiger charge is 2.07. The molecule has 0 radical (unpaired) electrons. The Bertz CT molecular complexity index is 332. The van der Waals surface area contributed by atoms with Crippen molar-refractivity contribution >= 4 is 11.4 Å². The number of nitrogen functional groups attached to an aromatic ring is 1. The summed E-state index contributed by atoms with van der Waals surface area (Å²) in [6.07, 6.45) is 0. The van der Waals surface area contributed by atoms with Crippen molar-refractivity contribution in [3.8, 4) is 0 Å². The summed E-state index contributed by atoms with van der Waals surface area (Å²) in [5.74, 6) is -0.322. The summed E-state index contributed by atoms with van der Waals surface area (Å²) in [5, 5.41) is 7.34. The molecule has 2 nitrogen and oxygen atoms in total. The Morgan fingerprint density at radius 3 is 2.58 bits per heavy atom. The Morgan fingerprint density at radius 1 is 1.50 bits per heavy atom. The third kappa shape index (κ3) is 1.30. The normalized spacial score (nSPS) is 9.92. The van der Waals surface area contributed by atoms with Gasteiger partial charge in [0, 0.05) is 22.5 Å². The van der Waals surface area contributed by atoms with Gasteiger partial charge in [-0.2, -0.15) is 0 Å². The summed E-state index contributed by atoms with van der Waals surface area (Å²) >= 11 is 0. The van der Waals surface area contributed by atoms with E-state index in [-0.39, 0.29) is 5.82 Å². The Balaban J connectivity index is 3.36. The van der Waals surface area contributed by atoms with E-state index in [1.54, 1.807) is 13.8 Å². The highest BCUT2D eigenvalue weighted by molar-refractivity contribution is 6.01. The van der Waals surface area contributed by atoms with Crippen LogP contribution in [-0.4, -0.2) is 5.71 Å². The van der Waals surface area contributed by atoms with Gasteiger partial charge in [-0.15, -0.1) is 0 Å². The van der Waals surface area contributed by atoms with E-state index in [9.17, 15) is 4.39 Å². The second-order valence-corrected chi connectivity index (χ2v) is 2.76. The fourth-order valence-corrected chi connectivity index (χ4v) is 1.03. The first-order chi connectivity index (χ1) is 5.54. The van der Waals surface area contributed by atoms with Gasteiger partial charge in [0.2, 0.25) is 0 Å². The average molecular weight is 166 g/mol. The number of hydrogen-bond donors (Lipinski definition) is 2. The van der Waals surface area contributed by atoms with Gasteiger partial charge in [-0.3, -0.25) is 0 Å². The molecule has 1 aromatic carbocycles. The molecule has 0 fully saturated rings. The topological polar surface area (TPSA) is 49.9 Å². The van der Waals surface area contributed by atoms with Crippen LogP contribution >= 0.6 is 0 Å². The number of nitrogens with two attached hydrogens (primary N) is 1. The van der Waals surface area contributed by atoms with Crippen LogP contribution in [0.3, 0.4) is 0 Å². The highest BCUT2D eigenvalue weighted by atomic mass is 19.1. The third-order valence-corrected chi connectivity index (χ3v) is 1.85. The lowest BCUT2D eigenvalue weighted by molar-refractivity contribution is 0.619. The molecule has 0 aliphatic rings. The predicted molar refractivity (Wildman–Crippen MR) is 48.1 cm³/mol. The number of rotatable bonds is 1. The van der Waals surface area contributed by atoms with Gasteiger partial charge >= 0.3 is 0 Å². The second kappa shape index (κ2) is 2.93. The number of halogens is 1. The standard InChI is InChI=1S/C9H11FN2/c1-5-8(10)4-3-7(6(2)11)9(5)12/h3-4,11H,12H2,1-2H3. The first-order valence-electron chi connectivity index (χ1n) is 3.64. The van der Waals surface area contributed by atoms with Gasteiger partial charge < -0.3 is 11.1 Å². The summed E-state index contributed by atoms with van der Waals surface area (Å²) in [6, 6.07) is 2.86. The molecule has 0 atom stereocenters. The zero-order valence-corrected chi connectivity index (χ0v) is 7.11. The van der Waals surface area contributed by atoms with Crippen molar-refractivity contribution < 1.29 is 4.39 Å². The molecular formula is C9H11FN2. The maximum Gasteiger partial charge on any atom is 0.128 e. The van der Waals surface area contributed by atoms with Crippen molar-refractivity contribution in [1.82, 2.24) is 0 Å². The molecule has 0 spiro atoms. The summed E-state index contributed by atoms with van der Waals surface area (Å²) in [6.45, 7) is 3.24. The van der Waals surface area contributed by atoms with Gasteiger partial charge in [-0.1, -0.05) is 0 Å². The molecular weight excluding hydrogens is 155 g/mol. The van der Waals surface area contributed by atoms with Crippen LogP contribution in [0.25, 0.3) is 0 Å². The van der Waals surface area contributed by atoms with Crippen molar-refractivity contribution in [3.63, 3.8) is 0 Å². The van der Waals surface area contributed by atoms with Gasteiger partial charge in [0.1, 0.15) is 5.82 Å². The molecule has 3 N–H and O–H groups in total. The molecule has 3 heteroatoms. The summed E-state index contributed by atoms with van der Waals surface area (Å²) in [7, 11) is 0. The Hall–Kier alpha value is -1.38.